The van der Waals surface area contributed by atoms with Crippen LogP contribution in [0.2, 0.25) is 0 Å². The Morgan fingerprint density at radius 1 is 0.957 bits per heavy atom. The zero-order valence-corrected chi connectivity index (χ0v) is 13.4. The highest BCUT2D eigenvalue weighted by Gasteiger charge is 2.38. The highest BCUT2D eigenvalue weighted by molar-refractivity contribution is 6.07. The Hall–Kier alpha value is -2.29. The predicted molar refractivity (Wildman–Crippen MR) is 91.7 cm³/mol. The van der Waals surface area contributed by atoms with Crippen molar-refractivity contribution in [3.63, 3.8) is 0 Å². The number of methoxy groups -OCH3 is 2. The summed E-state index contributed by atoms with van der Waals surface area (Å²) in [7, 11) is 3.35. The van der Waals surface area contributed by atoms with Crippen LogP contribution >= 0.6 is 0 Å². The normalized spacial score (nSPS) is 21.8. The maximum Gasteiger partial charge on any atom is 0.161 e. The van der Waals surface area contributed by atoms with E-state index in [0.29, 0.717) is 0 Å². The summed E-state index contributed by atoms with van der Waals surface area (Å²) in [6, 6.07) is 8.53. The summed E-state index contributed by atoms with van der Waals surface area (Å²) in [5.74, 6) is 3.00. The van der Waals surface area contributed by atoms with Gasteiger partial charge in [-0.2, -0.15) is 0 Å². The topological polar surface area (TPSA) is 31.4 Å². The Morgan fingerprint density at radius 3 is 2.57 bits per heavy atom. The number of hydrogen-bond donors (Lipinski definition) is 0. The number of hydrogen-bond acceptors (Lipinski definition) is 3. The molecule has 0 spiro atoms. The SMILES string of the molecule is COc1cc2ccc3c4c(cnc3c2cc1OC)C1CCC4C1. The minimum Gasteiger partial charge on any atom is -0.493 e. The second-order valence-corrected chi connectivity index (χ2v) is 6.72. The molecule has 1 fully saturated rings. The second-order valence-electron chi connectivity index (χ2n) is 6.72. The van der Waals surface area contributed by atoms with Gasteiger partial charge in [0.15, 0.2) is 11.5 Å². The lowest BCUT2D eigenvalue weighted by Crippen LogP contribution is -2.00. The van der Waals surface area contributed by atoms with Crippen LogP contribution in [0.1, 0.15) is 42.2 Å². The molecule has 0 radical (unpaired) electrons. The summed E-state index contributed by atoms with van der Waals surface area (Å²) in [6.07, 6.45) is 6.11. The van der Waals surface area contributed by atoms with E-state index in [0.717, 1.165) is 39.6 Å². The lowest BCUT2D eigenvalue weighted by molar-refractivity contribution is 0.356. The van der Waals surface area contributed by atoms with Gasteiger partial charge in [-0.1, -0.05) is 12.1 Å². The van der Waals surface area contributed by atoms with E-state index in [4.69, 9.17) is 14.5 Å². The minimum atomic E-state index is 0.734. The van der Waals surface area contributed by atoms with Gasteiger partial charge in [0.25, 0.3) is 0 Å². The van der Waals surface area contributed by atoms with Gasteiger partial charge in [0.2, 0.25) is 0 Å². The van der Waals surface area contributed by atoms with Crippen molar-refractivity contribution >= 4 is 21.7 Å². The molecule has 1 heterocycles. The fourth-order valence-electron chi connectivity index (χ4n) is 4.66. The fourth-order valence-corrected chi connectivity index (χ4v) is 4.66. The van der Waals surface area contributed by atoms with Crippen molar-refractivity contribution in [3.8, 4) is 11.5 Å². The maximum absolute atomic E-state index is 5.48. The van der Waals surface area contributed by atoms with E-state index in [2.05, 4.69) is 24.4 Å². The van der Waals surface area contributed by atoms with E-state index < -0.39 is 0 Å². The third-order valence-corrected chi connectivity index (χ3v) is 5.71. The molecule has 2 aromatic carbocycles. The van der Waals surface area contributed by atoms with Gasteiger partial charge < -0.3 is 9.47 Å². The lowest BCUT2D eigenvalue weighted by atomic mass is 9.89. The van der Waals surface area contributed by atoms with Crippen LogP contribution in [-0.4, -0.2) is 19.2 Å². The van der Waals surface area contributed by atoms with E-state index >= 15 is 0 Å². The average Bonchev–Trinajstić information content (AvgIpc) is 3.22. The minimum absolute atomic E-state index is 0.734. The number of aromatic nitrogens is 1. The molecule has 0 N–H and O–H groups in total. The summed E-state index contributed by atoms with van der Waals surface area (Å²) < 4.78 is 10.9. The van der Waals surface area contributed by atoms with Gasteiger partial charge in [0, 0.05) is 17.0 Å². The van der Waals surface area contributed by atoms with Crippen molar-refractivity contribution in [3.05, 3.63) is 41.6 Å². The molecule has 0 amide bonds. The lowest BCUT2D eigenvalue weighted by Gasteiger charge is -2.18. The molecule has 23 heavy (non-hydrogen) atoms. The molecule has 3 aromatic rings. The van der Waals surface area contributed by atoms with Crippen LogP contribution in [0.25, 0.3) is 21.7 Å². The number of nitrogens with zero attached hydrogens (tertiary/aromatic N) is 1. The van der Waals surface area contributed by atoms with E-state index in [1.807, 2.05) is 6.07 Å². The first-order valence-corrected chi connectivity index (χ1v) is 8.27. The van der Waals surface area contributed by atoms with Crippen LogP contribution in [0, 0.1) is 0 Å². The van der Waals surface area contributed by atoms with E-state index in [1.165, 1.54) is 30.2 Å². The molecule has 116 valence electrons. The summed E-state index contributed by atoms with van der Waals surface area (Å²) >= 11 is 0. The summed E-state index contributed by atoms with van der Waals surface area (Å²) in [5, 5.41) is 3.62. The molecule has 3 heteroatoms. The Labute approximate surface area is 135 Å². The van der Waals surface area contributed by atoms with Crippen LogP contribution < -0.4 is 9.47 Å². The molecular formula is C20H19NO2. The van der Waals surface area contributed by atoms with Crippen molar-refractivity contribution in [2.45, 2.75) is 31.1 Å². The highest BCUT2D eigenvalue weighted by Crippen LogP contribution is 2.55. The van der Waals surface area contributed by atoms with Crippen molar-refractivity contribution in [2.24, 2.45) is 0 Å². The molecule has 2 aliphatic carbocycles. The van der Waals surface area contributed by atoms with Crippen molar-refractivity contribution in [1.82, 2.24) is 4.98 Å². The number of benzene rings is 2. The largest absolute Gasteiger partial charge is 0.493 e. The summed E-state index contributed by atoms with van der Waals surface area (Å²) in [4.78, 5) is 4.83. The second kappa shape index (κ2) is 4.60. The first-order valence-electron chi connectivity index (χ1n) is 8.27. The fraction of sp³-hybridized carbons (Fsp3) is 0.350. The predicted octanol–water partition coefficient (Wildman–Crippen LogP) is 4.77. The van der Waals surface area contributed by atoms with E-state index in [1.54, 1.807) is 19.8 Å². The quantitative estimate of drug-likeness (QED) is 0.639. The van der Waals surface area contributed by atoms with Gasteiger partial charge >= 0.3 is 0 Å². The van der Waals surface area contributed by atoms with Crippen LogP contribution in [0.5, 0.6) is 11.5 Å². The maximum atomic E-state index is 5.48. The van der Waals surface area contributed by atoms with Gasteiger partial charge in [0.05, 0.1) is 19.7 Å². The molecule has 3 nitrogen and oxygen atoms in total. The Kier molecular flexibility index (Phi) is 2.64. The summed E-state index contributed by atoms with van der Waals surface area (Å²) in [5.41, 5.74) is 4.14. The highest BCUT2D eigenvalue weighted by atomic mass is 16.5. The van der Waals surface area contributed by atoms with Crippen molar-refractivity contribution < 1.29 is 9.47 Å². The van der Waals surface area contributed by atoms with Crippen LogP contribution in [0.3, 0.4) is 0 Å². The summed E-state index contributed by atoms with van der Waals surface area (Å²) in [6.45, 7) is 0. The molecule has 2 bridgehead atoms. The van der Waals surface area contributed by atoms with Gasteiger partial charge in [-0.3, -0.25) is 4.98 Å². The number of rotatable bonds is 2. The van der Waals surface area contributed by atoms with Gasteiger partial charge in [-0.05, 0) is 59.7 Å². The van der Waals surface area contributed by atoms with Crippen LogP contribution in [0.4, 0.5) is 0 Å². The monoisotopic (exact) mass is 305 g/mol. The molecule has 2 atom stereocenters. The molecule has 0 saturated heterocycles. The van der Waals surface area contributed by atoms with Crippen LogP contribution in [-0.2, 0) is 0 Å². The smallest absolute Gasteiger partial charge is 0.161 e. The molecule has 5 rings (SSSR count). The zero-order valence-electron chi connectivity index (χ0n) is 13.4. The number of ether oxygens (including phenoxy) is 2. The third-order valence-electron chi connectivity index (χ3n) is 5.71. The van der Waals surface area contributed by atoms with Crippen LogP contribution in [0.15, 0.2) is 30.5 Å². The first-order chi connectivity index (χ1) is 11.3. The Bertz CT molecular complexity index is 947. The molecule has 2 unspecified atom stereocenters. The molecule has 0 aliphatic heterocycles. The average molecular weight is 305 g/mol. The van der Waals surface area contributed by atoms with Gasteiger partial charge in [-0.25, -0.2) is 0 Å². The van der Waals surface area contributed by atoms with Crippen molar-refractivity contribution in [2.75, 3.05) is 14.2 Å². The van der Waals surface area contributed by atoms with E-state index in [-0.39, 0.29) is 0 Å². The number of fused-ring (bicyclic) bond motifs is 9. The van der Waals surface area contributed by atoms with Gasteiger partial charge in [-0.15, -0.1) is 0 Å². The first kappa shape index (κ1) is 13.2. The molecule has 1 aromatic heterocycles. The Balaban J connectivity index is 1.85. The third kappa shape index (κ3) is 1.68. The molecule has 2 aliphatic rings. The van der Waals surface area contributed by atoms with Gasteiger partial charge in [0.1, 0.15) is 0 Å². The van der Waals surface area contributed by atoms with Crippen molar-refractivity contribution in [1.29, 1.82) is 0 Å². The molecular weight excluding hydrogens is 286 g/mol. The Morgan fingerprint density at radius 2 is 1.74 bits per heavy atom. The zero-order chi connectivity index (χ0) is 15.6. The van der Waals surface area contributed by atoms with E-state index in [9.17, 15) is 0 Å². The molecule has 1 saturated carbocycles. The number of pyridine rings is 1. The standard InChI is InChI=1S/C20H19NO2/c1-22-17-8-12-5-6-14-19-13-4-3-11(7-13)16(19)10-21-20(14)15(12)9-18(17)23-2/h5-6,8-11,13H,3-4,7H2,1-2H3.